The van der Waals surface area contributed by atoms with E-state index in [1.165, 1.54) is 28.4 Å². The van der Waals surface area contributed by atoms with Crippen molar-refractivity contribution in [2.45, 2.75) is 24.4 Å². The van der Waals surface area contributed by atoms with Crippen molar-refractivity contribution in [2.24, 2.45) is 0 Å². The van der Waals surface area contributed by atoms with Gasteiger partial charge in [0, 0.05) is 28.4 Å². The van der Waals surface area contributed by atoms with Gasteiger partial charge in [0.2, 0.25) is 0 Å². The highest BCUT2D eigenvalue weighted by molar-refractivity contribution is 4.84. The van der Waals surface area contributed by atoms with Crippen LogP contribution in [0.25, 0.3) is 0 Å². The molecule has 6 nitrogen and oxygen atoms in total. The smallest absolute Gasteiger partial charge is 0.114 e. The molecule has 0 heterocycles. The van der Waals surface area contributed by atoms with Crippen LogP contribution in [0.15, 0.2) is 0 Å². The van der Waals surface area contributed by atoms with Gasteiger partial charge in [0.1, 0.15) is 24.4 Å². The number of aliphatic hydroxyl groups is 2. The van der Waals surface area contributed by atoms with Gasteiger partial charge in [-0.15, -0.1) is 0 Å². The predicted octanol–water partition coefficient (Wildman–Crippen LogP) is -0.969. The monoisotopic (exact) mass is 238 g/mol. The fraction of sp³-hybridized carbons (Fsp3) is 1.00. The van der Waals surface area contributed by atoms with Gasteiger partial charge in [-0.05, 0) is 0 Å². The molecule has 0 aliphatic carbocycles. The second-order valence-corrected chi connectivity index (χ2v) is 3.38. The van der Waals surface area contributed by atoms with E-state index in [1.807, 2.05) is 0 Å². The molecule has 16 heavy (non-hydrogen) atoms. The Hall–Kier alpha value is -0.240. The molecule has 0 bridgehead atoms. The predicted molar refractivity (Wildman–Crippen MR) is 57.4 cm³/mol. The van der Waals surface area contributed by atoms with Gasteiger partial charge < -0.3 is 29.2 Å². The number of rotatable bonds is 9. The summed E-state index contributed by atoms with van der Waals surface area (Å²) in [5.74, 6) is 0. The second-order valence-electron chi connectivity index (χ2n) is 3.38. The van der Waals surface area contributed by atoms with Gasteiger partial charge in [-0.1, -0.05) is 0 Å². The minimum Gasteiger partial charge on any atom is -0.394 e. The SMILES string of the molecule is COC[C@@H](O)[C@H](OC)[C@H](OC)[C@H](CO)OC. The fourth-order valence-electron chi connectivity index (χ4n) is 1.59. The Kier molecular flexibility index (Phi) is 8.73. The molecule has 0 amide bonds. The van der Waals surface area contributed by atoms with E-state index in [9.17, 15) is 5.11 Å². The van der Waals surface area contributed by atoms with Gasteiger partial charge >= 0.3 is 0 Å². The molecule has 0 spiro atoms. The molecule has 0 aromatic rings. The van der Waals surface area contributed by atoms with E-state index >= 15 is 0 Å². The minimum absolute atomic E-state index is 0.125. The second kappa shape index (κ2) is 8.86. The van der Waals surface area contributed by atoms with Crippen molar-refractivity contribution >= 4 is 0 Å². The van der Waals surface area contributed by atoms with Gasteiger partial charge in [-0.2, -0.15) is 0 Å². The number of hydrogen-bond acceptors (Lipinski definition) is 6. The third-order valence-corrected chi connectivity index (χ3v) is 2.43. The summed E-state index contributed by atoms with van der Waals surface area (Å²) < 4.78 is 20.2. The van der Waals surface area contributed by atoms with Crippen LogP contribution in [0.2, 0.25) is 0 Å². The van der Waals surface area contributed by atoms with Crippen LogP contribution < -0.4 is 0 Å². The zero-order chi connectivity index (χ0) is 12.6. The third-order valence-electron chi connectivity index (χ3n) is 2.43. The zero-order valence-corrected chi connectivity index (χ0v) is 10.3. The Bertz CT molecular complexity index is 161. The van der Waals surface area contributed by atoms with E-state index in [0.29, 0.717) is 0 Å². The standard InChI is InChI=1S/C10H22O6/c1-13-6-7(12)9(15-3)10(16-4)8(5-11)14-2/h7-12H,5-6H2,1-4H3/t7-,8+,9+,10-/m1/s1. The van der Waals surface area contributed by atoms with Gasteiger partial charge in [-0.3, -0.25) is 0 Å². The molecule has 0 saturated carbocycles. The molecule has 4 atom stereocenters. The van der Waals surface area contributed by atoms with Crippen LogP contribution >= 0.6 is 0 Å². The lowest BCUT2D eigenvalue weighted by Crippen LogP contribution is -2.50. The Labute approximate surface area is 96.1 Å². The number of ether oxygens (including phenoxy) is 4. The lowest BCUT2D eigenvalue weighted by molar-refractivity contribution is -0.158. The summed E-state index contributed by atoms with van der Waals surface area (Å²) in [7, 11) is 5.87. The largest absolute Gasteiger partial charge is 0.394 e. The van der Waals surface area contributed by atoms with Gasteiger partial charge in [-0.25, -0.2) is 0 Å². The molecule has 0 rings (SSSR count). The highest BCUT2D eigenvalue weighted by Gasteiger charge is 2.34. The molecule has 2 N–H and O–H groups in total. The first-order chi connectivity index (χ1) is 7.65. The molecule has 0 saturated heterocycles. The summed E-state index contributed by atoms with van der Waals surface area (Å²) in [4.78, 5) is 0. The summed E-state index contributed by atoms with van der Waals surface area (Å²) in [5.41, 5.74) is 0. The summed E-state index contributed by atoms with van der Waals surface area (Å²) in [6.45, 7) is -0.0885. The Balaban J connectivity index is 4.59. The topological polar surface area (TPSA) is 77.4 Å². The van der Waals surface area contributed by atoms with Crippen LogP contribution in [0, 0.1) is 0 Å². The normalized spacial score (nSPS) is 19.1. The molecule has 0 fully saturated rings. The van der Waals surface area contributed by atoms with Crippen molar-refractivity contribution in [1.82, 2.24) is 0 Å². The Morgan fingerprint density at radius 3 is 1.81 bits per heavy atom. The summed E-state index contributed by atoms with van der Waals surface area (Å²) in [5, 5.41) is 18.9. The van der Waals surface area contributed by atoms with E-state index in [0.717, 1.165) is 0 Å². The Morgan fingerprint density at radius 2 is 1.50 bits per heavy atom. The first-order valence-electron chi connectivity index (χ1n) is 5.02. The van der Waals surface area contributed by atoms with Crippen molar-refractivity contribution in [1.29, 1.82) is 0 Å². The average Bonchev–Trinajstić information content (AvgIpc) is 2.29. The summed E-state index contributed by atoms with van der Waals surface area (Å²) in [6, 6.07) is 0. The van der Waals surface area contributed by atoms with Crippen LogP contribution in [-0.4, -0.2) is 76.3 Å². The van der Waals surface area contributed by atoms with E-state index in [1.54, 1.807) is 0 Å². The van der Waals surface area contributed by atoms with Gasteiger partial charge in [0.25, 0.3) is 0 Å². The maximum absolute atomic E-state index is 9.78. The number of aliphatic hydroxyl groups excluding tert-OH is 2. The average molecular weight is 238 g/mol. The lowest BCUT2D eigenvalue weighted by atomic mass is 10.0. The molecular formula is C10H22O6. The van der Waals surface area contributed by atoms with Crippen LogP contribution in [-0.2, 0) is 18.9 Å². The first kappa shape index (κ1) is 15.8. The van der Waals surface area contributed by atoms with Crippen LogP contribution in [0.1, 0.15) is 0 Å². The highest BCUT2D eigenvalue weighted by atomic mass is 16.6. The van der Waals surface area contributed by atoms with Gasteiger partial charge in [0.15, 0.2) is 0 Å². The van der Waals surface area contributed by atoms with E-state index < -0.39 is 24.4 Å². The van der Waals surface area contributed by atoms with Crippen molar-refractivity contribution in [3.05, 3.63) is 0 Å². The van der Waals surface area contributed by atoms with E-state index in [2.05, 4.69) is 0 Å². The first-order valence-corrected chi connectivity index (χ1v) is 5.02. The number of methoxy groups -OCH3 is 4. The number of hydrogen-bond donors (Lipinski definition) is 2. The quantitative estimate of drug-likeness (QED) is 0.538. The minimum atomic E-state index is -0.843. The maximum atomic E-state index is 9.78. The molecule has 6 heteroatoms. The third kappa shape index (κ3) is 4.32. The molecule has 0 aliphatic rings. The van der Waals surface area contributed by atoms with Crippen LogP contribution in [0.3, 0.4) is 0 Å². The van der Waals surface area contributed by atoms with E-state index in [-0.39, 0.29) is 13.2 Å². The van der Waals surface area contributed by atoms with Crippen LogP contribution in [0.4, 0.5) is 0 Å². The van der Waals surface area contributed by atoms with Crippen molar-refractivity contribution in [2.75, 3.05) is 41.7 Å². The molecule has 0 aliphatic heterocycles. The fourth-order valence-corrected chi connectivity index (χ4v) is 1.59. The zero-order valence-electron chi connectivity index (χ0n) is 10.3. The van der Waals surface area contributed by atoms with Crippen LogP contribution in [0.5, 0.6) is 0 Å². The molecule has 0 unspecified atom stereocenters. The molecule has 0 aromatic heterocycles. The Morgan fingerprint density at radius 1 is 0.938 bits per heavy atom. The van der Waals surface area contributed by atoms with Gasteiger partial charge in [0.05, 0.1) is 13.2 Å². The van der Waals surface area contributed by atoms with E-state index in [4.69, 9.17) is 24.1 Å². The molecular weight excluding hydrogens is 216 g/mol. The van der Waals surface area contributed by atoms with Crippen molar-refractivity contribution < 1.29 is 29.2 Å². The summed E-state index contributed by atoms with van der Waals surface area (Å²) in [6.07, 6.45) is -2.59. The molecule has 0 radical (unpaired) electrons. The lowest BCUT2D eigenvalue weighted by Gasteiger charge is -2.32. The maximum Gasteiger partial charge on any atom is 0.114 e. The van der Waals surface area contributed by atoms with Crippen molar-refractivity contribution in [3.8, 4) is 0 Å². The highest BCUT2D eigenvalue weighted by Crippen LogP contribution is 2.14. The molecule has 98 valence electrons. The molecule has 0 aromatic carbocycles. The summed E-state index contributed by atoms with van der Waals surface area (Å²) >= 11 is 0. The van der Waals surface area contributed by atoms with Crippen molar-refractivity contribution in [3.63, 3.8) is 0 Å².